The average Bonchev–Trinajstić information content (AvgIpc) is 3.68. The summed E-state index contributed by atoms with van der Waals surface area (Å²) in [7, 11) is 0. The molecule has 2 aromatic heterocycles. The second kappa shape index (κ2) is 14.1. The number of fused-ring (bicyclic) bond motifs is 3. The normalized spacial score (nSPS) is 14.1. The first-order valence-electron chi connectivity index (χ1n) is 18.7. The van der Waals surface area contributed by atoms with Crippen LogP contribution in [0.2, 0.25) is 0 Å². The predicted octanol–water partition coefficient (Wildman–Crippen LogP) is 12.8. The van der Waals surface area contributed by atoms with Gasteiger partial charge in [0.25, 0.3) is 0 Å². The van der Waals surface area contributed by atoms with Gasteiger partial charge in [0.05, 0.1) is 0 Å². The topological polar surface area (TPSA) is 33.5 Å². The zero-order chi connectivity index (χ0) is 38.1. The number of pyridine rings is 1. The molecule has 0 aliphatic carbocycles. The summed E-state index contributed by atoms with van der Waals surface area (Å²) >= 11 is 0. The molecule has 6 aromatic rings. The van der Waals surface area contributed by atoms with E-state index in [1.807, 2.05) is 24.4 Å². The van der Waals surface area contributed by atoms with E-state index in [0.717, 1.165) is 33.3 Å². The van der Waals surface area contributed by atoms with Crippen LogP contribution in [0.15, 0.2) is 103 Å². The van der Waals surface area contributed by atoms with Crippen LogP contribution in [0.3, 0.4) is 0 Å². The van der Waals surface area contributed by atoms with E-state index in [0.29, 0.717) is 11.5 Å². The first-order chi connectivity index (χ1) is 24.8. The number of hydrogen-bond donors (Lipinski definition) is 0. The Hall–Kier alpha value is -4.34. The summed E-state index contributed by atoms with van der Waals surface area (Å²) in [6.07, 6.45) is 4.13. The van der Waals surface area contributed by atoms with Gasteiger partial charge in [-0.3, -0.25) is 0 Å². The van der Waals surface area contributed by atoms with Crippen LogP contribution in [0.4, 0.5) is 11.4 Å². The van der Waals surface area contributed by atoms with Crippen molar-refractivity contribution in [2.75, 3.05) is 9.80 Å². The minimum Gasteiger partial charge on any atom is -0.509 e. The Morgan fingerprint density at radius 2 is 1.26 bits per heavy atom. The van der Waals surface area contributed by atoms with Gasteiger partial charge in [0.2, 0.25) is 0 Å². The molecule has 0 N–H and O–H groups in total. The van der Waals surface area contributed by atoms with Gasteiger partial charge in [-0.1, -0.05) is 113 Å². The molecule has 0 saturated carbocycles. The number of nitrogens with zero attached hydrogens (tertiary/aromatic N) is 4. The van der Waals surface area contributed by atoms with E-state index < -0.39 is 0 Å². The zero-order valence-corrected chi connectivity index (χ0v) is 36.1. The molecular weight excluding hydrogens is 844 g/mol. The van der Waals surface area contributed by atoms with Gasteiger partial charge in [0.15, 0.2) is 0 Å². The molecule has 0 spiro atoms. The van der Waals surface area contributed by atoms with Crippen molar-refractivity contribution in [3.05, 3.63) is 139 Å². The second-order valence-corrected chi connectivity index (χ2v) is 18.5. The first kappa shape index (κ1) is 39.4. The molecule has 0 atom stereocenters. The van der Waals surface area contributed by atoms with Gasteiger partial charge >= 0.3 is 0 Å². The number of allylic oxidation sites excluding steroid dienone is 1. The minimum atomic E-state index is -0.108. The summed E-state index contributed by atoms with van der Waals surface area (Å²) in [5, 5.41) is 2.26. The largest absolute Gasteiger partial charge is 0.509 e. The summed E-state index contributed by atoms with van der Waals surface area (Å²) in [5.74, 6) is 2.10. The predicted molar refractivity (Wildman–Crippen MR) is 222 cm³/mol. The van der Waals surface area contributed by atoms with Gasteiger partial charge in [-0.15, -0.1) is 48.1 Å². The monoisotopic (exact) mass is 896 g/mol. The van der Waals surface area contributed by atoms with Crippen LogP contribution < -0.4 is 14.5 Å². The van der Waals surface area contributed by atoms with Gasteiger partial charge in [-0.2, -0.15) is 12.1 Å². The van der Waals surface area contributed by atoms with E-state index in [1.54, 1.807) is 0 Å². The first-order valence-corrected chi connectivity index (χ1v) is 18.7. The molecule has 0 amide bonds. The number of rotatable bonds is 5. The van der Waals surface area contributed by atoms with Crippen molar-refractivity contribution in [1.82, 2.24) is 9.55 Å². The molecule has 1 aliphatic rings. The molecule has 6 heteroatoms. The molecule has 0 unspecified atom stereocenters. The SMILES string of the molecule is CC(C)(C)C1=CN(c2[c-]c(Oc3[c-]c4c(cc3)c3ccccc3n4-c3cc(C(C)(C)C)ccn3)ccc2)[CH-]N1c1cc(C(C)(C)C)cc(C(C)(C)C)c1.[Pt]. The van der Waals surface area contributed by atoms with Crippen molar-refractivity contribution in [1.29, 1.82) is 0 Å². The number of hydrogen-bond acceptors (Lipinski definition) is 4. The maximum atomic E-state index is 6.54. The van der Waals surface area contributed by atoms with E-state index >= 15 is 0 Å². The molecule has 284 valence electrons. The fraction of sp³-hybridized carbons (Fsp3) is 0.333. The van der Waals surface area contributed by atoms with Crippen molar-refractivity contribution in [2.45, 2.75) is 99.3 Å². The van der Waals surface area contributed by atoms with Gasteiger partial charge in [-0.05, 0) is 74.9 Å². The number of ether oxygens (including phenoxy) is 1. The van der Waals surface area contributed by atoms with Gasteiger partial charge in [0.1, 0.15) is 5.82 Å². The molecule has 7 rings (SSSR count). The minimum absolute atomic E-state index is 0. The number of para-hydroxylation sites is 1. The van der Waals surface area contributed by atoms with Gasteiger partial charge < -0.3 is 19.1 Å². The van der Waals surface area contributed by atoms with E-state index in [2.05, 4.69) is 189 Å². The molecule has 0 saturated heterocycles. The Balaban J connectivity index is 0.00000497. The van der Waals surface area contributed by atoms with Crippen molar-refractivity contribution >= 4 is 33.2 Å². The molecule has 54 heavy (non-hydrogen) atoms. The Labute approximate surface area is 337 Å². The number of anilines is 2. The van der Waals surface area contributed by atoms with Crippen LogP contribution in [-0.4, -0.2) is 9.55 Å². The Morgan fingerprint density at radius 3 is 1.91 bits per heavy atom. The summed E-state index contributed by atoms with van der Waals surface area (Å²) in [6.45, 7) is 29.4. The molecule has 5 nitrogen and oxygen atoms in total. The van der Waals surface area contributed by atoms with Gasteiger partial charge in [0, 0.05) is 61.1 Å². The third-order valence-corrected chi connectivity index (χ3v) is 10.1. The van der Waals surface area contributed by atoms with Crippen molar-refractivity contribution < 1.29 is 25.8 Å². The Bertz CT molecular complexity index is 2330. The fourth-order valence-corrected chi connectivity index (χ4v) is 6.87. The second-order valence-electron chi connectivity index (χ2n) is 18.5. The van der Waals surface area contributed by atoms with Crippen LogP contribution in [0, 0.1) is 24.2 Å². The van der Waals surface area contributed by atoms with E-state index in [4.69, 9.17) is 9.72 Å². The Kier molecular flexibility index (Phi) is 10.2. The van der Waals surface area contributed by atoms with E-state index in [9.17, 15) is 0 Å². The summed E-state index contributed by atoms with van der Waals surface area (Å²) in [5.41, 5.74) is 9.07. The summed E-state index contributed by atoms with van der Waals surface area (Å²) < 4.78 is 8.74. The molecule has 0 radical (unpaired) electrons. The quantitative estimate of drug-likeness (QED) is 0.161. The van der Waals surface area contributed by atoms with E-state index in [-0.39, 0.29) is 42.7 Å². The van der Waals surface area contributed by atoms with Crippen LogP contribution >= 0.6 is 0 Å². The number of aromatic nitrogens is 2. The molecule has 3 heterocycles. The molecule has 4 aromatic carbocycles. The molecular formula is C48H53N4OPt-3. The molecule has 0 fully saturated rings. The van der Waals surface area contributed by atoms with Crippen molar-refractivity contribution in [3.63, 3.8) is 0 Å². The van der Waals surface area contributed by atoms with Crippen molar-refractivity contribution in [2.24, 2.45) is 5.41 Å². The number of benzene rings is 4. The van der Waals surface area contributed by atoms with Crippen LogP contribution in [0.5, 0.6) is 11.5 Å². The standard InChI is InChI=1S/C48H53N4O.Pt/c1-45(2,3)32-22-23-49-44(27-32)52-41-19-14-13-18-39(41)40-21-20-38(29-42(40)52)53-37-17-15-16-35(28-37)50-30-43(48(10,11)12)51(31-50)36-25-33(46(4,5)6)24-34(26-36)47(7,8)9;/h13-27,30-31H,1-12H3;/q-3;. The third-order valence-electron chi connectivity index (χ3n) is 10.1. The van der Waals surface area contributed by atoms with Crippen LogP contribution in [0.1, 0.15) is 99.8 Å². The summed E-state index contributed by atoms with van der Waals surface area (Å²) in [6, 6.07) is 37.1. The van der Waals surface area contributed by atoms with Crippen LogP contribution in [-0.2, 0) is 37.3 Å². The van der Waals surface area contributed by atoms with Crippen molar-refractivity contribution in [3.8, 4) is 17.3 Å². The molecule has 0 bridgehead atoms. The fourth-order valence-electron chi connectivity index (χ4n) is 6.87. The third kappa shape index (κ3) is 7.76. The van der Waals surface area contributed by atoms with Crippen LogP contribution in [0.25, 0.3) is 27.6 Å². The summed E-state index contributed by atoms with van der Waals surface area (Å²) in [4.78, 5) is 9.33. The average molecular weight is 897 g/mol. The maximum Gasteiger partial charge on any atom is 0.135 e. The zero-order valence-electron chi connectivity index (χ0n) is 33.8. The smallest absolute Gasteiger partial charge is 0.135 e. The van der Waals surface area contributed by atoms with E-state index in [1.165, 1.54) is 28.1 Å². The van der Waals surface area contributed by atoms with Gasteiger partial charge in [-0.25, -0.2) is 4.98 Å². The maximum absolute atomic E-state index is 6.54. The Morgan fingerprint density at radius 1 is 0.611 bits per heavy atom. The molecule has 1 aliphatic heterocycles.